The zero-order valence-corrected chi connectivity index (χ0v) is 8.70. The summed E-state index contributed by atoms with van der Waals surface area (Å²) in [7, 11) is 1.95. The second-order valence-corrected chi connectivity index (χ2v) is 3.44. The number of nitrogens with zero attached hydrogens (tertiary/aromatic N) is 2. The molecular formula is C10H17N3O. The summed E-state index contributed by atoms with van der Waals surface area (Å²) in [6, 6.07) is 3.47. The van der Waals surface area contributed by atoms with Crippen LogP contribution in [0.5, 0.6) is 5.75 Å². The first-order valence-corrected chi connectivity index (χ1v) is 4.67. The summed E-state index contributed by atoms with van der Waals surface area (Å²) in [5, 5.41) is 9.53. The molecule has 4 heteroatoms. The molecular weight excluding hydrogens is 178 g/mol. The monoisotopic (exact) mass is 195 g/mol. The van der Waals surface area contributed by atoms with Gasteiger partial charge in [0.15, 0.2) is 0 Å². The van der Waals surface area contributed by atoms with E-state index in [1.54, 1.807) is 12.1 Å². The van der Waals surface area contributed by atoms with Gasteiger partial charge in [0.1, 0.15) is 5.75 Å². The van der Waals surface area contributed by atoms with Gasteiger partial charge in [-0.15, -0.1) is 0 Å². The number of aromatic hydroxyl groups is 1. The summed E-state index contributed by atoms with van der Waals surface area (Å²) in [5.41, 5.74) is 7.05. The fourth-order valence-corrected chi connectivity index (χ4v) is 1.27. The Bertz CT molecular complexity index is 301. The van der Waals surface area contributed by atoms with E-state index >= 15 is 0 Å². The first-order chi connectivity index (χ1) is 6.63. The fraction of sp³-hybridized carbons (Fsp3) is 0.500. The molecule has 14 heavy (non-hydrogen) atoms. The summed E-state index contributed by atoms with van der Waals surface area (Å²) in [6.07, 6.45) is 0. The molecule has 0 amide bonds. The minimum Gasteiger partial charge on any atom is -0.506 e. The van der Waals surface area contributed by atoms with Gasteiger partial charge in [-0.3, -0.25) is 9.88 Å². The van der Waals surface area contributed by atoms with E-state index in [-0.39, 0.29) is 5.75 Å². The Hall–Kier alpha value is -1.13. The largest absolute Gasteiger partial charge is 0.506 e. The number of aryl methyl sites for hydroxylation is 1. The van der Waals surface area contributed by atoms with Crippen LogP contribution in [0.4, 0.5) is 0 Å². The molecule has 0 fully saturated rings. The van der Waals surface area contributed by atoms with Gasteiger partial charge in [0.05, 0.1) is 5.69 Å². The number of aromatic nitrogens is 1. The maximum absolute atomic E-state index is 9.53. The highest BCUT2D eigenvalue weighted by Crippen LogP contribution is 2.15. The van der Waals surface area contributed by atoms with Gasteiger partial charge in [0.2, 0.25) is 0 Å². The molecule has 4 nitrogen and oxygen atoms in total. The number of hydrogen-bond donors (Lipinski definition) is 2. The van der Waals surface area contributed by atoms with Crippen molar-refractivity contribution in [2.75, 3.05) is 20.1 Å². The van der Waals surface area contributed by atoms with Crippen LogP contribution in [0.3, 0.4) is 0 Å². The maximum atomic E-state index is 9.53. The van der Waals surface area contributed by atoms with E-state index in [2.05, 4.69) is 4.98 Å². The SMILES string of the molecule is Cc1ccc(O)c(CN(C)CCN)n1. The summed E-state index contributed by atoms with van der Waals surface area (Å²) in [4.78, 5) is 6.29. The first-order valence-electron chi connectivity index (χ1n) is 4.67. The Morgan fingerprint density at radius 3 is 2.86 bits per heavy atom. The van der Waals surface area contributed by atoms with Crippen molar-refractivity contribution in [2.24, 2.45) is 5.73 Å². The van der Waals surface area contributed by atoms with Crippen LogP contribution in [0.2, 0.25) is 0 Å². The lowest BCUT2D eigenvalue weighted by Crippen LogP contribution is -2.25. The van der Waals surface area contributed by atoms with Gasteiger partial charge in [-0.05, 0) is 26.1 Å². The normalized spacial score (nSPS) is 10.9. The Balaban J connectivity index is 2.70. The van der Waals surface area contributed by atoms with E-state index in [0.29, 0.717) is 18.8 Å². The van der Waals surface area contributed by atoms with Gasteiger partial charge in [0, 0.05) is 25.3 Å². The van der Waals surface area contributed by atoms with Gasteiger partial charge in [-0.25, -0.2) is 0 Å². The van der Waals surface area contributed by atoms with Crippen LogP contribution in [0.1, 0.15) is 11.4 Å². The first kappa shape index (κ1) is 10.9. The van der Waals surface area contributed by atoms with Crippen LogP contribution in [-0.2, 0) is 6.54 Å². The number of nitrogens with two attached hydrogens (primary N) is 1. The van der Waals surface area contributed by atoms with Crippen LogP contribution >= 0.6 is 0 Å². The lowest BCUT2D eigenvalue weighted by Gasteiger charge is -2.15. The molecule has 0 aromatic carbocycles. The lowest BCUT2D eigenvalue weighted by molar-refractivity contribution is 0.323. The lowest BCUT2D eigenvalue weighted by atomic mass is 10.2. The molecule has 0 spiro atoms. The summed E-state index contributed by atoms with van der Waals surface area (Å²) in [5.74, 6) is 0.250. The average molecular weight is 195 g/mol. The predicted octanol–water partition coefficient (Wildman–Crippen LogP) is 0.486. The van der Waals surface area contributed by atoms with Crippen molar-refractivity contribution < 1.29 is 5.11 Å². The average Bonchev–Trinajstić information content (AvgIpc) is 2.12. The maximum Gasteiger partial charge on any atom is 0.138 e. The van der Waals surface area contributed by atoms with E-state index < -0.39 is 0 Å². The van der Waals surface area contributed by atoms with Crippen molar-refractivity contribution in [2.45, 2.75) is 13.5 Å². The van der Waals surface area contributed by atoms with Crippen molar-refractivity contribution in [3.8, 4) is 5.75 Å². The highest BCUT2D eigenvalue weighted by atomic mass is 16.3. The van der Waals surface area contributed by atoms with Crippen molar-refractivity contribution in [3.63, 3.8) is 0 Å². The second kappa shape index (κ2) is 4.93. The molecule has 1 rings (SSSR count). The van der Waals surface area contributed by atoms with Gasteiger partial charge < -0.3 is 10.8 Å². The highest BCUT2D eigenvalue weighted by Gasteiger charge is 2.05. The minimum atomic E-state index is 0.250. The van der Waals surface area contributed by atoms with Gasteiger partial charge in [-0.1, -0.05) is 0 Å². The fourth-order valence-electron chi connectivity index (χ4n) is 1.27. The molecule has 0 radical (unpaired) electrons. The van der Waals surface area contributed by atoms with Crippen LogP contribution < -0.4 is 5.73 Å². The molecule has 0 atom stereocenters. The van der Waals surface area contributed by atoms with Crippen molar-refractivity contribution in [3.05, 3.63) is 23.5 Å². The van der Waals surface area contributed by atoms with E-state index in [1.807, 2.05) is 18.9 Å². The van der Waals surface area contributed by atoms with Gasteiger partial charge >= 0.3 is 0 Å². The molecule has 1 aromatic heterocycles. The Morgan fingerprint density at radius 1 is 1.50 bits per heavy atom. The quantitative estimate of drug-likeness (QED) is 0.734. The Kier molecular flexibility index (Phi) is 3.85. The minimum absolute atomic E-state index is 0.250. The van der Waals surface area contributed by atoms with E-state index in [1.165, 1.54) is 0 Å². The number of hydrogen-bond acceptors (Lipinski definition) is 4. The second-order valence-electron chi connectivity index (χ2n) is 3.44. The predicted molar refractivity (Wildman–Crippen MR) is 56.0 cm³/mol. The van der Waals surface area contributed by atoms with Crippen molar-refractivity contribution in [1.82, 2.24) is 9.88 Å². The van der Waals surface area contributed by atoms with E-state index in [0.717, 1.165) is 12.2 Å². The molecule has 78 valence electrons. The molecule has 0 saturated heterocycles. The topological polar surface area (TPSA) is 62.4 Å². The van der Waals surface area contributed by atoms with Crippen LogP contribution in [0.15, 0.2) is 12.1 Å². The van der Waals surface area contributed by atoms with Crippen molar-refractivity contribution >= 4 is 0 Å². The van der Waals surface area contributed by atoms with Gasteiger partial charge in [-0.2, -0.15) is 0 Å². The molecule has 1 heterocycles. The Morgan fingerprint density at radius 2 is 2.21 bits per heavy atom. The highest BCUT2D eigenvalue weighted by molar-refractivity contribution is 5.27. The van der Waals surface area contributed by atoms with Crippen LogP contribution in [0, 0.1) is 6.92 Å². The molecule has 3 N–H and O–H groups in total. The summed E-state index contributed by atoms with van der Waals surface area (Å²) in [6.45, 7) is 3.95. The zero-order chi connectivity index (χ0) is 10.6. The number of pyridine rings is 1. The molecule has 0 unspecified atom stereocenters. The van der Waals surface area contributed by atoms with E-state index in [4.69, 9.17) is 5.73 Å². The third kappa shape index (κ3) is 2.97. The molecule has 0 saturated carbocycles. The zero-order valence-electron chi connectivity index (χ0n) is 8.70. The molecule has 0 aliphatic rings. The van der Waals surface area contributed by atoms with Crippen LogP contribution in [-0.4, -0.2) is 35.1 Å². The molecule has 0 aliphatic heterocycles. The number of likely N-dealkylation sites (N-methyl/N-ethyl adjacent to an activating group) is 1. The third-order valence-electron chi connectivity index (χ3n) is 2.02. The third-order valence-corrected chi connectivity index (χ3v) is 2.02. The molecule has 0 bridgehead atoms. The smallest absolute Gasteiger partial charge is 0.138 e. The van der Waals surface area contributed by atoms with Crippen LogP contribution in [0.25, 0.3) is 0 Å². The number of rotatable bonds is 4. The summed E-state index contributed by atoms with van der Waals surface area (Å²) >= 11 is 0. The van der Waals surface area contributed by atoms with Gasteiger partial charge in [0.25, 0.3) is 0 Å². The summed E-state index contributed by atoms with van der Waals surface area (Å²) < 4.78 is 0. The van der Waals surface area contributed by atoms with E-state index in [9.17, 15) is 5.11 Å². The Labute approximate surface area is 84.4 Å². The van der Waals surface area contributed by atoms with Crippen molar-refractivity contribution in [1.29, 1.82) is 0 Å². The molecule has 1 aromatic rings. The standard InChI is InChI=1S/C10H17N3O/c1-8-3-4-10(14)9(12-8)7-13(2)6-5-11/h3-4,14H,5-7,11H2,1-2H3. The molecule has 0 aliphatic carbocycles.